The van der Waals surface area contributed by atoms with Crippen molar-refractivity contribution in [3.8, 4) is 11.5 Å². The molecule has 1 amide bonds. The molecule has 0 aliphatic rings. The summed E-state index contributed by atoms with van der Waals surface area (Å²) in [5.41, 5.74) is 0.346. The van der Waals surface area contributed by atoms with Gasteiger partial charge in [-0.05, 0) is 47.7 Å². The summed E-state index contributed by atoms with van der Waals surface area (Å²) in [7, 11) is -3.22. The van der Waals surface area contributed by atoms with Gasteiger partial charge in [-0.25, -0.2) is 0 Å². The maximum Gasteiger partial charge on any atom is 0.296 e. The normalized spacial score (nSPS) is 11.7. The fourth-order valence-electron chi connectivity index (χ4n) is 3.87. The molecule has 4 rings (SSSR count). The molecule has 0 atom stereocenters. The molecule has 4 aromatic carbocycles. The predicted octanol–water partition coefficient (Wildman–Crippen LogP) is 7.34. The summed E-state index contributed by atoms with van der Waals surface area (Å²) < 4.78 is 38.9. The number of methoxy groups -OCH3 is 1. The van der Waals surface area contributed by atoms with Crippen LogP contribution in [0.25, 0.3) is 10.8 Å². The molecule has 0 saturated carbocycles. The van der Waals surface area contributed by atoms with Crippen LogP contribution in [0.15, 0.2) is 75.8 Å². The lowest BCUT2D eigenvalue weighted by Crippen LogP contribution is -2.12. The van der Waals surface area contributed by atoms with Crippen molar-refractivity contribution >= 4 is 67.1 Å². The average molecular weight is 574 g/mol. The number of anilines is 1. The number of amides is 1. The van der Waals surface area contributed by atoms with Gasteiger partial charge >= 0.3 is 0 Å². The zero-order chi connectivity index (χ0) is 27.6. The number of halogens is 2. The molecule has 0 bridgehead atoms. The molecular weight excluding hydrogens is 553 g/mol. The van der Waals surface area contributed by atoms with E-state index in [2.05, 4.69) is 15.5 Å². The maximum atomic E-state index is 13.2. The number of ether oxygens (including phenoxy) is 1. The Hall–Kier alpha value is -3.70. The Kier molecular flexibility index (Phi) is 7.89. The topological polar surface area (TPSA) is 138 Å². The van der Waals surface area contributed by atoms with Gasteiger partial charge in [-0.1, -0.05) is 54.4 Å². The Morgan fingerprint density at radius 3 is 2.37 bits per heavy atom. The van der Waals surface area contributed by atoms with Crippen LogP contribution in [0.2, 0.25) is 10.0 Å². The molecule has 0 spiro atoms. The van der Waals surface area contributed by atoms with Crippen molar-refractivity contribution in [3.63, 3.8) is 0 Å². The number of aromatic hydroxyl groups is 1. The van der Waals surface area contributed by atoms with Crippen LogP contribution in [-0.4, -0.2) is 31.1 Å². The van der Waals surface area contributed by atoms with Crippen molar-refractivity contribution in [1.82, 2.24) is 0 Å². The Balaban J connectivity index is 1.85. The number of carbonyl (C=O) groups excluding carboxylic acids is 1. The van der Waals surface area contributed by atoms with Crippen LogP contribution in [0.5, 0.6) is 11.5 Å². The number of azo groups is 1. The number of rotatable bonds is 7. The first-order valence-electron chi connectivity index (χ1n) is 11.1. The van der Waals surface area contributed by atoms with Crippen molar-refractivity contribution in [2.45, 2.75) is 18.2 Å². The van der Waals surface area contributed by atoms with E-state index in [1.54, 1.807) is 43.3 Å². The molecule has 0 heterocycles. The van der Waals surface area contributed by atoms with Gasteiger partial charge in [0, 0.05) is 22.2 Å². The van der Waals surface area contributed by atoms with E-state index in [0.717, 1.165) is 6.07 Å². The third-order valence-electron chi connectivity index (χ3n) is 5.72. The van der Waals surface area contributed by atoms with Gasteiger partial charge in [0.15, 0.2) is 5.75 Å². The summed E-state index contributed by atoms with van der Waals surface area (Å²) in [6, 6.07) is 15.4. The number of fused-ring (bicyclic) bond motifs is 1. The second kappa shape index (κ2) is 11.0. The van der Waals surface area contributed by atoms with E-state index < -0.39 is 26.7 Å². The molecule has 196 valence electrons. The third kappa shape index (κ3) is 5.44. The van der Waals surface area contributed by atoms with Crippen molar-refractivity contribution < 1.29 is 27.6 Å². The van der Waals surface area contributed by atoms with Crippen LogP contribution >= 0.6 is 23.2 Å². The summed E-state index contributed by atoms with van der Waals surface area (Å²) in [4.78, 5) is 12.7. The molecule has 4 aromatic rings. The Morgan fingerprint density at radius 1 is 1.00 bits per heavy atom. The molecule has 12 heteroatoms. The number of carbonyl (C=O) groups is 1. The highest BCUT2D eigenvalue weighted by molar-refractivity contribution is 7.86. The smallest absolute Gasteiger partial charge is 0.296 e. The lowest BCUT2D eigenvalue weighted by Gasteiger charge is -2.13. The van der Waals surface area contributed by atoms with E-state index >= 15 is 0 Å². The number of phenolic OH excluding ortho intramolecular Hbond substituents is 1. The van der Waals surface area contributed by atoms with Crippen LogP contribution < -0.4 is 10.1 Å². The third-order valence-corrected chi connectivity index (χ3v) is 7.27. The fraction of sp³-hybridized carbons (Fsp3) is 0.115. The van der Waals surface area contributed by atoms with E-state index in [-0.39, 0.29) is 28.4 Å². The second-order valence-electron chi connectivity index (χ2n) is 8.05. The minimum Gasteiger partial charge on any atom is -0.505 e. The van der Waals surface area contributed by atoms with E-state index in [0.29, 0.717) is 32.8 Å². The molecule has 0 aliphatic heterocycles. The second-order valence-corrected chi connectivity index (χ2v) is 10.3. The van der Waals surface area contributed by atoms with E-state index in [9.17, 15) is 22.9 Å². The Morgan fingerprint density at radius 2 is 1.68 bits per heavy atom. The van der Waals surface area contributed by atoms with Crippen LogP contribution in [-0.2, 0) is 16.5 Å². The standard InChI is InChI=1S/C26H21Cl2N3O6S/c1-3-16-19(27)10-11-22(38(34,35)36)23(16)30-31-24-17-7-5-4-6-14(17)12-18(25(24)32)26(33)29-15-8-9-20(28)21(13-15)37-2/h4-13,32H,3H2,1-2H3,(H,29,33)(H,34,35,36). The zero-order valence-electron chi connectivity index (χ0n) is 20.1. The average Bonchev–Trinajstić information content (AvgIpc) is 2.88. The molecule has 0 fully saturated rings. The summed E-state index contributed by atoms with van der Waals surface area (Å²) in [6.45, 7) is 1.73. The Labute approximate surface area is 228 Å². The molecule has 3 N–H and O–H groups in total. The number of nitrogens with zero attached hydrogens (tertiary/aromatic N) is 2. The highest BCUT2D eigenvalue weighted by Gasteiger charge is 2.22. The number of hydrogen-bond donors (Lipinski definition) is 3. The summed E-state index contributed by atoms with van der Waals surface area (Å²) in [5.74, 6) is -0.784. The number of nitrogens with one attached hydrogen (secondary N) is 1. The summed E-state index contributed by atoms with van der Waals surface area (Å²) in [6.07, 6.45) is 0.288. The fourth-order valence-corrected chi connectivity index (χ4v) is 5.00. The lowest BCUT2D eigenvalue weighted by atomic mass is 10.0. The van der Waals surface area contributed by atoms with Gasteiger partial charge in [0.1, 0.15) is 22.0 Å². The van der Waals surface area contributed by atoms with Crippen molar-refractivity contribution in [2.75, 3.05) is 12.4 Å². The number of benzene rings is 4. The predicted molar refractivity (Wildman–Crippen MR) is 146 cm³/mol. The van der Waals surface area contributed by atoms with Gasteiger partial charge in [0.25, 0.3) is 16.0 Å². The van der Waals surface area contributed by atoms with Gasteiger partial charge in [0.2, 0.25) is 0 Å². The quantitative estimate of drug-likeness (QED) is 0.156. The van der Waals surface area contributed by atoms with E-state index in [1.165, 1.54) is 25.3 Å². The van der Waals surface area contributed by atoms with Gasteiger partial charge < -0.3 is 15.2 Å². The lowest BCUT2D eigenvalue weighted by molar-refractivity contribution is 0.102. The molecule has 38 heavy (non-hydrogen) atoms. The molecule has 9 nitrogen and oxygen atoms in total. The molecule has 0 aliphatic carbocycles. The Bertz CT molecular complexity index is 1710. The first-order valence-corrected chi connectivity index (χ1v) is 13.3. The highest BCUT2D eigenvalue weighted by Crippen LogP contribution is 2.41. The molecule has 0 saturated heterocycles. The van der Waals surface area contributed by atoms with Crippen LogP contribution in [0.1, 0.15) is 22.8 Å². The summed E-state index contributed by atoms with van der Waals surface area (Å²) in [5, 5.41) is 23.6. The number of phenols is 1. The summed E-state index contributed by atoms with van der Waals surface area (Å²) >= 11 is 12.3. The monoisotopic (exact) mass is 573 g/mol. The van der Waals surface area contributed by atoms with Gasteiger partial charge in [-0.2, -0.15) is 8.42 Å². The van der Waals surface area contributed by atoms with Gasteiger partial charge in [0.05, 0.1) is 17.7 Å². The van der Waals surface area contributed by atoms with Crippen LogP contribution in [0, 0.1) is 0 Å². The largest absolute Gasteiger partial charge is 0.505 e. The first-order chi connectivity index (χ1) is 18.0. The molecule has 0 unspecified atom stereocenters. The van der Waals surface area contributed by atoms with Crippen molar-refractivity contribution in [3.05, 3.63) is 81.8 Å². The van der Waals surface area contributed by atoms with Crippen molar-refractivity contribution in [1.29, 1.82) is 0 Å². The van der Waals surface area contributed by atoms with Crippen LogP contribution in [0.3, 0.4) is 0 Å². The zero-order valence-corrected chi connectivity index (χ0v) is 22.4. The first kappa shape index (κ1) is 27.3. The van der Waals surface area contributed by atoms with E-state index in [4.69, 9.17) is 27.9 Å². The highest BCUT2D eigenvalue weighted by atomic mass is 35.5. The molecule has 0 aromatic heterocycles. The molecule has 0 radical (unpaired) electrons. The van der Waals surface area contributed by atoms with Gasteiger partial charge in [-0.3, -0.25) is 9.35 Å². The minimum absolute atomic E-state index is 0.0785. The number of hydrogen-bond acceptors (Lipinski definition) is 7. The minimum atomic E-state index is -4.66. The maximum absolute atomic E-state index is 13.2. The van der Waals surface area contributed by atoms with Crippen molar-refractivity contribution in [2.24, 2.45) is 10.2 Å². The SMILES string of the molecule is CCc1c(Cl)ccc(S(=O)(=O)O)c1N=Nc1c(O)c(C(=O)Nc2ccc(Cl)c(OC)c2)cc2ccccc12. The van der Waals surface area contributed by atoms with E-state index in [1.807, 2.05) is 0 Å². The van der Waals surface area contributed by atoms with Crippen LogP contribution in [0.4, 0.5) is 17.1 Å². The van der Waals surface area contributed by atoms with Gasteiger partial charge in [-0.15, -0.1) is 10.2 Å². The molecular formula is C26H21Cl2N3O6S.